The second-order valence-electron chi connectivity index (χ2n) is 14.8. The molecule has 0 saturated heterocycles. The highest BCUT2D eigenvalue weighted by Crippen LogP contribution is 2.34. The molecule has 0 spiro atoms. The Hall–Kier alpha value is 0. The van der Waals surface area contributed by atoms with Gasteiger partial charge in [0.1, 0.15) is 0 Å². The molecule has 0 heterocycles. The molecule has 0 bridgehead atoms. The van der Waals surface area contributed by atoms with Crippen LogP contribution in [0.15, 0.2) is 0 Å². The average molecular weight is 579 g/mol. The molecule has 0 nitrogen and oxygen atoms in total. The standard InChI is InChI=1S/C40H82.CH4/c1-7-9-11-13-21-27-33-39(35-29-23-17-15-19-25-31-37(3)4)40(34-28-22-14-12-10-8-2)36-30-24-18-16-20-26-32-38(5)6;/h37-40H,7-36H2,1-6H3;1H4. The minimum atomic E-state index is 0. The van der Waals surface area contributed by atoms with Crippen molar-refractivity contribution in [3.63, 3.8) is 0 Å². The Balaban J connectivity index is 0. The molecule has 0 radical (unpaired) electrons. The average Bonchev–Trinajstić information content (AvgIpc) is 2.92. The van der Waals surface area contributed by atoms with E-state index in [2.05, 4.69) is 41.5 Å². The summed E-state index contributed by atoms with van der Waals surface area (Å²) in [5.41, 5.74) is 0. The zero-order chi connectivity index (χ0) is 29.5. The number of rotatable bonds is 33. The monoisotopic (exact) mass is 579 g/mol. The van der Waals surface area contributed by atoms with Crippen LogP contribution in [0.3, 0.4) is 0 Å². The first-order chi connectivity index (χ1) is 19.5. The fourth-order valence-electron chi connectivity index (χ4n) is 6.94. The normalized spacial score (nSPS) is 13.2. The Kier molecular flexibility index (Phi) is 36.3. The Bertz CT molecular complexity index is 407. The minimum Gasteiger partial charge on any atom is -0.0776 e. The summed E-state index contributed by atoms with van der Waals surface area (Å²) in [7, 11) is 0. The smallest absolute Gasteiger partial charge is 0.0386 e. The molecule has 0 aliphatic heterocycles. The van der Waals surface area contributed by atoms with Gasteiger partial charge in [0, 0.05) is 0 Å². The van der Waals surface area contributed by atoms with E-state index in [-0.39, 0.29) is 7.43 Å². The largest absolute Gasteiger partial charge is 0.0776 e. The molecule has 0 fully saturated rings. The second-order valence-corrected chi connectivity index (χ2v) is 14.8. The van der Waals surface area contributed by atoms with Crippen LogP contribution < -0.4 is 0 Å². The van der Waals surface area contributed by atoms with Gasteiger partial charge in [0.2, 0.25) is 0 Å². The van der Waals surface area contributed by atoms with Crippen LogP contribution in [0.5, 0.6) is 0 Å². The number of unbranched alkanes of at least 4 members (excludes halogenated alkanes) is 20. The summed E-state index contributed by atoms with van der Waals surface area (Å²) < 4.78 is 0. The topological polar surface area (TPSA) is 0 Å². The lowest BCUT2D eigenvalue weighted by molar-refractivity contribution is 0.236. The van der Waals surface area contributed by atoms with Gasteiger partial charge < -0.3 is 0 Å². The van der Waals surface area contributed by atoms with Gasteiger partial charge in [-0.05, 0) is 23.7 Å². The molecule has 0 saturated carbocycles. The maximum absolute atomic E-state index is 2.37. The molecule has 0 aromatic heterocycles. The van der Waals surface area contributed by atoms with Crippen molar-refractivity contribution in [3.05, 3.63) is 0 Å². The Morgan fingerprint density at radius 1 is 0.268 bits per heavy atom. The molecule has 41 heavy (non-hydrogen) atoms. The van der Waals surface area contributed by atoms with Gasteiger partial charge in [-0.2, -0.15) is 0 Å². The molecular formula is C41H86. The first-order valence-electron chi connectivity index (χ1n) is 19.5. The lowest BCUT2D eigenvalue weighted by Crippen LogP contribution is -2.16. The van der Waals surface area contributed by atoms with Crippen molar-refractivity contribution < 1.29 is 0 Å². The molecule has 250 valence electrons. The first kappa shape index (κ1) is 43.1. The quantitative estimate of drug-likeness (QED) is 0.0679. The van der Waals surface area contributed by atoms with E-state index in [1.807, 2.05) is 0 Å². The second kappa shape index (κ2) is 34.5. The first-order valence-corrected chi connectivity index (χ1v) is 19.5. The predicted molar refractivity (Wildman–Crippen MR) is 193 cm³/mol. The van der Waals surface area contributed by atoms with Crippen molar-refractivity contribution in [1.82, 2.24) is 0 Å². The van der Waals surface area contributed by atoms with Crippen molar-refractivity contribution in [3.8, 4) is 0 Å². The summed E-state index contributed by atoms with van der Waals surface area (Å²) in [6, 6.07) is 0. The van der Waals surface area contributed by atoms with Crippen LogP contribution in [0.2, 0.25) is 0 Å². The van der Waals surface area contributed by atoms with Gasteiger partial charge >= 0.3 is 0 Å². The maximum atomic E-state index is 2.37. The summed E-state index contributed by atoms with van der Waals surface area (Å²) >= 11 is 0. The summed E-state index contributed by atoms with van der Waals surface area (Å²) in [5, 5.41) is 0. The van der Waals surface area contributed by atoms with Crippen LogP contribution in [-0.4, -0.2) is 0 Å². The fraction of sp³-hybridized carbons (Fsp3) is 1.00. The number of hydrogen-bond acceptors (Lipinski definition) is 0. The fourth-order valence-corrected chi connectivity index (χ4v) is 6.94. The zero-order valence-corrected chi connectivity index (χ0v) is 29.5. The van der Waals surface area contributed by atoms with Gasteiger partial charge in [-0.25, -0.2) is 0 Å². The molecule has 2 atom stereocenters. The predicted octanol–water partition coefficient (Wildman–Crippen LogP) is 15.9. The molecule has 0 aromatic rings. The van der Waals surface area contributed by atoms with Crippen LogP contribution in [0, 0.1) is 23.7 Å². The molecular weight excluding hydrogens is 492 g/mol. The van der Waals surface area contributed by atoms with E-state index in [1.54, 1.807) is 0 Å². The highest BCUT2D eigenvalue weighted by Gasteiger charge is 2.20. The highest BCUT2D eigenvalue weighted by molar-refractivity contribution is 4.72. The van der Waals surface area contributed by atoms with Gasteiger partial charge in [0.25, 0.3) is 0 Å². The van der Waals surface area contributed by atoms with Gasteiger partial charge in [-0.1, -0.05) is 242 Å². The van der Waals surface area contributed by atoms with E-state index in [9.17, 15) is 0 Å². The van der Waals surface area contributed by atoms with Crippen molar-refractivity contribution in [2.75, 3.05) is 0 Å². The third kappa shape index (κ3) is 32.7. The Morgan fingerprint density at radius 2 is 0.463 bits per heavy atom. The summed E-state index contributed by atoms with van der Waals surface area (Å²) in [6.07, 6.45) is 44.3. The van der Waals surface area contributed by atoms with Crippen molar-refractivity contribution in [1.29, 1.82) is 0 Å². The molecule has 0 aliphatic carbocycles. The van der Waals surface area contributed by atoms with Gasteiger partial charge in [-0.3, -0.25) is 0 Å². The molecule has 0 aromatic carbocycles. The third-order valence-corrected chi connectivity index (χ3v) is 9.74. The van der Waals surface area contributed by atoms with E-state index in [0.717, 1.165) is 23.7 Å². The van der Waals surface area contributed by atoms with Crippen LogP contribution in [0.1, 0.15) is 242 Å². The van der Waals surface area contributed by atoms with Gasteiger partial charge in [0.05, 0.1) is 0 Å². The molecule has 0 N–H and O–H groups in total. The molecule has 0 aliphatic rings. The van der Waals surface area contributed by atoms with E-state index >= 15 is 0 Å². The SMILES string of the molecule is C.CCCCCCCCC(CCCCCCCCC(C)C)C(CCCCCCCC)CCCCCCCCC(C)C. The molecule has 0 heteroatoms. The maximum Gasteiger partial charge on any atom is -0.0386 e. The number of hydrogen-bond donors (Lipinski definition) is 0. The lowest BCUT2D eigenvalue weighted by atomic mass is 9.78. The summed E-state index contributed by atoms with van der Waals surface area (Å²) in [5.74, 6) is 3.81. The van der Waals surface area contributed by atoms with E-state index in [1.165, 1.54) is 193 Å². The minimum absolute atomic E-state index is 0. The lowest BCUT2D eigenvalue weighted by Gasteiger charge is -2.28. The van der Waals surface area contributed by atoms with Crippen LogP contribution in [-0.2, 0) is 0 Å². The molecule has 2 unspecified atom stereocenters. The molecule has 0 amide bonds. The highest BCUT2D eigenvalue weighted by atomic mass is 14.3. The molecule has 0 rings (SSSR count). The zero-order valence-electron chi connectivity index (χ0n) is 29.5. The van der Waals surface area contributed by atoms with Crippen LogP contribution in [0.25, 0.3) is 0 Å². The van der Waals surface area contributed by atoms with E-state index in [4.69, 9.17) is 0 Å². The third-order valence-electron chi connectivity index (χ3n) is 9.74. The van der Waals surface area contributed by atoms with Crippen molar-refractivity contribution >= 4 is 0 Å². The van der Waals surface area contributed by atoms with E-state index in [0.29, 0.717) is 0 Å². The van der Waals surface area contributed by atoms with Gasteiger partial charge in [-0.15, -0.1) is 0 Å². The Labute approximate surface area is 264 Å². The van der Waals surface area contributed by atoms with Crippen molar-refractivity contribution in [2.24, 2.45) is 23.7 Å². The van der Waals surface area contributed by atoms with Crippen LogP contribution in [0.4, 0.5) is 0 Å². The van der Waals surface area contributed by atoms with E-state index < -0.39 is 0 Å². The van der Waals surface area contributed by atoms with Crippen molar-refractivity contribution in [2.45, 2.75) is 242 Å². The Morgan fingerprint density at radius 3 is 0.683 bits per heavy atom. The summed E-state index contributed by atoms with van der Waals surface area (Å²) in [4.78, 5) is 0. The summed E-state index contributed by atoms with van der Waals surface area (Å²) in [6.45, 7) is 14.2. The van der Waals surface area contributed by atoms with Crippen LogP contribution >= 0.6 is 0 Å². The van der Waals surface area contributed by atoms with Gasteiger partial charge in [0.15, 0.2) is 0 Å².